The van der Waals surface area contributed by atoms with Gasteiger partial charge in [-0.2, -0.15) is 0 Å². The van der Waals surface area contributed by atoms with Crippen LogP contribution in [0.1, 0.15) is 39.9 Å². The first-order chi connectivity index (χ1) is 15.5. The van der Waals surface area contributed by atoms with E-state index >= 15 is 0 Å². The molecule has 2 aliphatic rings. The van der Waals surface area contributed by atoms with Crippen LogP contribution in [0.4, 0.5) is 10.5 Å². The second-order valence-corrected chi connectivity index (χ2v) is 8.87. The van der Waals surface area contributed by atoms with Crippen LogP contribution >= 0.6 is 0 Å². The zero-order valence-corrected chi connectivity index (χ0v) is 18.6. The lowest BCUT2D eigenvalue weighted by Crippen LogP contribution is -2.44. The fourth-order valence-electron chi connectivity index (χ4n) is 5.15. The van der Waals surface area contributed by atoms with E-state index in [4.69, 9.17) is 4.74 Å². The summed E-state index contributed by atoms with van der Waals surface area (Å²) < 4.78 is 5.24. The highest BCUT2D eigenvalue weighted by Gasteiger charge is 2.30. The molecule has 3 aromatic rings. The minimum atomic E-state index is -0.176. The molecule has 164 valence electrons. The summed E-state index contributed by atoms with van der Waals surface area (Å²) in [7, 11) is 1.62. The van der Waals surface area contributed by atoms with Crippen molar-refractivity contribution in [3.8, 4) is 5.75 Å². The van der Waals surface area contributed by atoms with E-state index in [2.05, 4.69) is 29.6 Å². The molecule has 5 rings (SSSR count). The standard InChI is InChI=1S/C27H28N2O3/c1-17-15-21(32-2)11-13-24(17)28-27(31)29-14-4-6-20(16-29)26(30)23-12-10-19-9-8-18-5-3-7-22(23)25(18)19/h3,5,7,10-13,15,20H,4,6,8-9,14,16H2,1-2H3,(H,28,31). The number of piperidine rings is 1. The first-order valence-corrected chi connectivity index (χ1v) is 11.3. The van der Waals surface area contributed by atoms with E-state index in [1.807, 2.05) is 31.2 Å². The summed E-state index contributed by atoms with van der Waals surface area (Å²) in [5.41, 5.74) is 5.18. The van der Waals surface area contributed by atoms with Crippen molar-refractivity contribution in [1.82, 2.24) is 4.90 Å². The van der Waals surface area contributed by atoms with E-state index in [1.54, 1.807) is 12.0 Å². The number of amides is 2. The number of rotatable bonds is 4. The molecule has 1 saturated heterocycles. The number of ketones is 1. The van der Waals surface area contributed by atoms with Crippen LogP contribution in [-0.4, -0.2) is 36.9 Å². The van der Waals surface area contributed by atoms with Crippen LogP contribution in [0.15, 0.2) is 48.5 Å². The summed E-state index contributed by atoms with van der Waals surface area (Å²) in [5.74, 6) is 0.734. The number of ether oxygens (including phenoxy) is 1. The Labute approximate surface area is 188 Å². The number of carbonyl (C=O) groups excluding carboxylic acids is 2. The van der Waals surface area contributed by atoms with Gasteiger partial charge in [0.05, 0.1) is 7.11 Å². The monoisotopic (exact) mass is 428 g/mol. The molecule has 1 N–H and O–H groups in total. The number of urea groups is 1. The predicted molar refractivity (Wildman–Crippen MR) is 127 cm³/mol. The molecule has 1 atom stereocenters. The van der Waals surface area contributed by atoms with Gasteiger partial charge in [0, 0.05) is 30.3 Å². The molecule has 1 fully saturated rings. The largest absolute Gasteiger partial charge is 0.497 e. The maximum absolute atomic E-state index is 13.5. The van der Waals surface area contributed by atoms with E-state index in [0.717, 1.165) is 53.6 Å². The Bertz CT molecular complexity index is 1210. The fraction of sp³-hybridized carbons (Fsp3) is 0.333. The van der Waals surface area contributed by atoms with Crippen molar-refractivity contribution < 1.29 is 14.3 Å². The molecule has 1 heterocycles. The summed E-state index contributed by atoms with van der Waals surface area (Å²) in [6, 6.07) is 15.8. The molecular weight excluding hydrogens is 400 g/mol. The number of aryl methyl sites for hydroxylation is 3. The normalized spacial score (nSPS) is 17.4. The number of carbonyl (C=O) groups is 2. The highest BCUT2D eigenvalue weighted by atomic mass is 16.5. The van der Waals surface area contributed by atoms with Crippen LogP contribution in [0.25, 0.3) is 10.8 Å². The quantitative estimate of drug-likeness (QED) is 0.568. The molecular formula is C27H28N2O3. The number of benzene rings is 3. The van der Waals surface area contributed by atoms with Crippen molar-refractivity contribution in [2.75, 3.05) is 25.5 Å². The molecule has 1 aliphatic heterocycles. The van der Waals surface area contributed by atoms with Gasteiger partial charge in [-0.3, -0.25) is 4.79 Å². The molecule has 2 amide bonds. The van der Waals surface area contributed by atoms with Gasteiger partial charge >= 0.3 is 6.03 Å². The van der Waals surface area contributed by atoms with Crippen molar-refractivity contribution in [2.45, 2.75) is 32.6 Å². The van der Waals surface area contributed by atoms with Crippen molar-refractivity contribution in [3.63, 3.8) is 0 Å². The highest BCUT2D eigenvalue weighted by molar-refractivity contribution is 6.11. The first-order valence-electron chi connectivity index (χ1n) is 11.3. The van der Waals surface area contributed by atoms with E-state index < -0.39 is 0 Å². The van der Waals surface area contributed by atoms with Gasteiger partial charge in [-0.25, -0.2) is 4.79 Å². The first kappa shape index (κ1) is 20.6. The third-order valence-electron chi connectivity index (χ3n) is 6.90. The molecule has 0 aromatic heterocycles. The van der Waals surface area contributed by atoms with Crippen LogP contribution in [0.5, 0.6) is 5.75 Å². The van der Waals surface area contributed by atoms with Gasteiger partial charge in [-0.1, -0.05) is 30.3 Å². The average Bonchev–Trinajstić information content (AvgIpc) is 3.25. The van der Waals surface area contributed by atoms with Gasteiger partial charge in [0.1, 0.15) is 5.75 Å². The number of nitrogens with zero attached hydrogens (tertiary/aromatic N) is 1. The Balaban J connectivity index is 1.34. The molecule has 0 bridgehead atoms. The Hall–Kier alpha value is -3.34. The third-order valence-corrected chi connectivity index (χ3v) is 6.90. The molecule has 0 spiro atoms. The van der Waals surface area contributed by atoms with Crippen LogP contribution in [0, 0.1) is 12.8 Å². The molecule has 3 aromatic carbocycles. The second kappa shape index (κ2) is 8.30. The highest BCUT2D eigenvalue weighted by Crippen LogP contribution is 2.34. The third kappa shape index (κ3) is 3.62. The number of methoxy groups -OCH3 is 1. The summed E-state index contributed by atoms with van der Waals surface area (Å²) in [4.78, 5) is 28.3. The Kier molecular flexibility index (Phi) is 5.33. The minimum Gasteiger partial charge on any atom is -0.497 e. The zero-order chi connectivity index (χ0) is 22.2. The number of anilines is 1. The lowest BCUT2D eigenvalue weighted by atomic mass is 9.87. The van der Waals surface area contributed by atoms with Gasteiger partial charge in [-0.15, -0.1) is 0 Å². The Morgan fingerprint density at radius 3 is 2.66 bits per heavy atom. The molecule has 1 aliphatic carbocycles. The molecule has 0 radical (unpaired) electrons. The Morgan fingerprint density at radius 2 is 1.88 bits per heavy atom. The van der Waals surface area contributed by atoms with Crippen molar-refractivity contribution in [2.24, 2.45) is 5.92 Å². The van der Waals surface area contributed by atoms with Gasteiger partial charge in [0.25, 0.3) is 0 Å². The van der Waals surface area contributed by atoms with Gasteiger partial charge in [-0.05, 0) is 78.3 Å². The maximum atomic E-state index is 13.5. The van der Waals surface area contributed by atoms with E-state index in [9.17, 15) is 9.59 Å². The minimum absolute atomic E-state index is 0.152. The van der Waals surface area contributed by atoms with Crippen LogP contribution in [-0.2, 0) is 12.8 Å². The topological polar surface area (TPSA) is 58.6 Å². The SMILES string of the molecule is COc1ccc(NC(=O)N2CCCC(C(=O)c3ccc4c5c(cccc35)CC4)C2)c(C)c1. The number of hydrogen-bond donors (Lipinski definition) is 1. The van der Waals surface area contributed by atoms with E-state index in [0.29, 0.717) is 13.1 Å². The van der Waals surface area contributed by atoms with Crippen molar-refractivity contribution in [1.29, 1.82) is 0 Å². The number of hydrogen-bond acceptors (Lipinski definition) is 3. The lowest BCUT2D eigenvalue weighted by molar-refractivity contribution is 0.0853. The Morgan fingerprint density at radius 1 is 1.06 bits per heavy atom. The lowest BCUT2D eigenvalue weighted by Gasteiger charge is -2.32. The zero-order valence-electron chi connectivity index (χ0n) is 18.6. The number of nitrogens with one attached hydrogen (secondary N) is 1. The summed E-state index contributed by atoms with van der Waals surface area (Å²) >= 11 is 0. The van der Waals surface area contributed by atoms with Crippen molar-refractivity contribution >= 4 is 28.3 Å². The van der Waals surface area contributed by atoms with Gasteiger partial charge in [0.2, 0.25) is 0 Å². The molecule has 5 heteroatoms. The smallest absolute Gasteiger partial charge is 0.321 e. The average molecular weight is 429 g/mol. The van der Waals surface area contributed by atoms with Gasteiger partial charge < -0.3 is 15.0 Å². The predicted octanol–water partition coefficient (Wildman–Crippen LogP) is 5.38. The van der Waals surface area contributed by atoms with Crippen LogP contribution in [0.2, 0.25) is 0 Å². The van der Waals surface area contributed by atoms with E-state index in [-0.39, 0.29) is 17.7 Å². The van der Waals surface area contributed by atoms with Gasteiger partial charge in [0.15, 0.2) is 5.78 Å². The summed E-state index contributed by atoms with van der Waals surface area (Å²) in [6.07, 6.45) is 3.73. The summed E-state index contributed by atoms with van der Waals surface area (Å²) in [5, 5.41) is 5.33. The number of Topliss-reactive ketones (excluding diaryl/α,β-unsaturated/α-hetero) is 1. The summed E-state index contributed by atoms with van der Waals surface area (Å²) in [6.45, 7) is 3.05. The van der Waals surface area contributed by atoms with Crippen LogP contribution in [0.3, 0.4) is 0 Å². The van der Waals surface area contributed by atoms with E-state index in [1.165, 1.54) is 16.5 Å². The van der Waals surface area contributed by atoms with Crippen molar-refractivity contribution in [3.05, 3.63) is 70.8 Å². The second-order valence-electron chi connectivity index (χ2n) is 8.87. The molecule has 1 unspecified atom stereocenters. The van der Waals surface area contributed by atoms with Crippen LogP contribution < -0.4 is 10.1 Å². The molecule has 32 heavy (non-hydrogen) atoms. The molecule has 5 nitrogen and oxygen atoms in total. The fourth-order valence-corrected chi connectivity index (χ4v) is 5.15. The number of likely N-dealkylation sites (tertiary alicyclic amines) is 1. The molecule has 0 saturated carbocycles. The maximum Gasteiger partial charge on any atom is 0.321 e.